The van der Waals surface area contributed by atoms with Crippen molar-refractivity contribution < 1.29 is 0 Å². The van der Waals surface area contributed by atoms with Crippen molar-refractivity contribution in [1.82, 2.24) is 9.97 Å². The predicted octanol–water partition coefficient (Wildman–Crippen LogP) is 3.69. The zero-order valence-electron chi connectivity index (χ0n) is 7.92. The molecule has 1 aromatic carbocycles. The second-order valence-corrected chi connectivity index (χ2v) is 4.28. The number of hydrogen-bond acceptors (Lipinski definition) is 3. The van der Waals surface area contributed by atoms with Crippen LogP contribution in [0.2, 0.25) is 15.1 Å². The molecule has 0 unspecified atom stereocenters. The molecule has 0 atom stereocenters. The SMILES string of the molecule is Nc1ccnc(-c2cc(Cl)cc(Cl)c2Cl)n1. The normalized spacial score (nSPS) is 10.4. The lowest BCUT2D eigenvalue weighted by Crippen LogP contribution is -1.95. The molecule has 2 aromatic rings. The number of anilines is 1. The summed E-state index contributed by atoms with van der Waals surface area (Å²) in [6, 6.07) is 4.79. The smallest absolute Gasteiger partial charge is 0.163 e. The minimum atomic E-state index is 0.357. The summed E-state index contributed by atoms with van der Waals surface area (Å²) in [6.07, 6.45) is 1.54. The highest BCUT2D eigenvalue weighted by atomic mass is 35.5. The van der Waals surface area contributed by atoms with Crippen LogP contribution in [0.1, 0.15) is 0 Å². The molecule has 0 saturated carbocycles. The van der Waals surface area contributed by atoms with Crippen LogP contribution in [-0.4, -0.2) is 9.97 Å². The molecule has 0 spiro atoms. The molecule has 1 aromatic heterocycles. The van der Waals surface area contributed by atoms with E-state index < -0.39 is 0 Å². The first-order valence-electron chi connectivity index (χ1n) is 4.31. The number of halogens is 3. The maximum atomic E-state index is 6.04. The van der Waals surface area contributed by atoms with E-state index in [9.17, 15) is 0 Å². The molecule has 82 valence electrons. The maximum absolute atomic E-state index is 6.04. The zero-order valence-corrected chi connectivity index (χ0v) is 10.2. The van der Waals surface area contributed by atoms with E-state index >= 15 is 0 Å². The van der Waals surface area contributed by atoms with Gasteiger partial charge in [-0.05, 0) is 18.2 Å². The Morgan fingerprint density at radius 2 is 1.88 bits per heavy atom. The second-order valence-electron chi connectivity index (χ2n) is 3.05. The first kappa shape index (κ1) is 11.5. The molecule has 0 fully saturated rings. The number of nitrogens with two attached hydrogens (primary N) is 1. The Morgan fingerprint density at radius 1 is 1.12 bits per heavy atom. The van der Waals surface area contributed by atoms with Crippen LogP contribution in [0, 0.1) is 0 Å². The maximum Gasteiger partial charge on any atom is 0.163 e. The van der Waals surface area contributed by atoms with Crippen molar-refractivity contribution in [2.24, 2.45) is 0 Å². The first-order chi connectivity index (χ1) is 7.58. The minimum absolute atomic E-state index is 0.357. The lowest BCUT2D eigenvalue weighted by molar-refractivity contribution is 1.18. The third-order valence-electron chi connectivity index (χ3n) is 1.91. The molecule has 0 aliphatic carbocycles. The Balaban J connectivity index is 2.64. The van der Waals surface area contributed by atoms with E-state index in [1.807, 2.05) is 0 Å². The largest absolute Gasteiger partial charge is 0.384 e. The molecule has 0 saturated heterocycles. The number of nitrogens with zero attached hydrogens (tertiary/aromatic N) is 2. The van der Waals surface area contributed by atoms with Gasteiger partial charge in [0.2, 0.25) is 0 Å². The van der Waals surface area contributed by atoms with Gasteiger partial charge in [-0.3, -0.25) is 0 Å². The van der Waals surface area contributed by atoms with Gasteiger partial charge < -0.3 is 5.73 Å². The Labute approximate surface area is 107 Å². The van der Waals surface area contributed by atoms with Crippen LogP contribution < -0.4 is 5.73 Å². The average Bonchev–Trinajstić information content (AvgIpc) is 2.23. The number of benzene rings is 1. The number of rotatable bonds is 1. The van der Waals surface area contributed by atoms with Gasteiger partial charge in [0.05, 0.1) is 10.0 Å². The molecule has 0 aliphatic rings. The minimum Gasteiger partial charge on any atom is -0.384 e. The fourth-order valence-corrected chi connectivity index (χ4v) is 1.91. The predicted molar refractivity (Wildman–Crippen MR) is 66.9 cm³/mol. The summed E-state index contributed by atoms with van der Waals surface area (Å²) in [5.41, 5.74) is 6.12. The highest BCUT2D eigenvalue weighted by Crippen LogP contribution is 2.34. The van der Waals surface area contributed by atoms with Gasteiger partial charge in [-0.25, -0.2) is 9.97 Å². The van der Waals surface area contributed by atoms with Crippen molar-refractivity contribution in [2.45, 2.75) is 0 Å². The summed E-state index contributed by atoms with van der Waals surface area (Å²) >= 11 is 17.8. The highest BCUT2D eigenvalue weighted by Gasteiger charge is 2.11. The fraction of sp³-hybridized carbons (Fsp3) is 0. The summed E-state index contributed by atoms with van der Waals surface area (Å²) in [5.74, 6) is 0.756. The third-order valence-corrected chi connectivity index (χ3v) is 2.93. The van der Waals surface area contributed by atoms with Crippen molar-refractivity contribution in [3.63, 3.8) is 0 Å². The highest BCUT2D eigenvalue weighted by molar-refractivity contribution is 6.44. The Bertz CT molecular complexity index is 543. The molecule has 6 heteroatoms. The van der Waals surface area contributed by atoms with Gasteiger partial charge in [0.15, 0.2) is 5.82 Å². The van der Waals surface area contributed by atoms with E-state index in [-0.39, 0.29) is 0 Å². The van der Waals surface area contributed by atoms with Crippen molar-refractivity contribution >= 4 is 40.6 Å². The van der Waals surface area contributed by atoms with Gasteiger partial charge >= 0.3 is 0 Å². The van der Waals surface area contributed by atoms with Crippen molar-refractivity contribution in [2.75, 3.05) is 5.73 Å². The van der Waals surface area contributed by atoms with Crippen LogP contribution in [0.25, 0.3) is 11.4 Å². The standard InChI is InChI=1S/C10H6Cl3N3/c11-5-3-6(9(13)7(12)4-5)10-15-2-1-8(14)16-10/h1-4H,(H2,14,15,16). The molecule has 2 N–H and O–H groups in total. The van der Waals surface area contributed by atoms with Crippen LogP contribution in [0.5, 0.6) is 0 Å². The van der Waals surface area contributed by atoms with Gasteiger partial charge in [0.25, 0.3) is 0 Å². The molecule has 16 heavy (non-hydrogen) atoms. The Kier molecular flexibility index (Phi) is 3.19. The fourth-order valence-electron chi connectivity index (χ4n) is 1.22. The zero-order chi connectivity index (χ0) is 11.7. The van der Waals surface area contributed by atoms with Crippen molar-refractivity contribution in [1.29, 1.82) is 0 Å². The molecule has 1 heterocycles. The molecule has 0 radical (unpaired) electrons. The Morgan fingerprint density at radius 3 is 2.56 bits per heavy atom. The van der Waals surface area contributed by atoms with E-state index in [4.69, 9.17) is 40.5 Å². The molecule has 3 nitrogen and oxygen atoms in total. The van der Waals surface area contributed by atoms with Crippen LogP contribution in [-0.2, 0) is 0 Å². The molecule has 0 aliphatic heterocycles. The first-order valence-corrected chi connectivity index (χ1v) is 5.45. The quantitative estimate of drug-likeness (QED) is 0.807. The van der Waals surface area contributed by atoms with Crippen LogP contribution >= 0.6 is 34.8 Å². The van der Waals surface area contributed by atoms with Gasteiger partial charge in [0.1, 0.15) is 5.82 Å². The molecule has 0 bridgehead atoms. The lowest BCUT2D eigenvalue weighted by atomic mass is 10.2. The summed E-state index contributed by atoms with van der Waals surface area (Å²) in [4.78, 5) is 8.11. The Hall–Kier alpha value is -1.03. The molecule has 0 amide bonds. The van der Waals surface area contributed by atoms with Gasteiger partial charge in [0, 0.05) is 16.8 Å². The summed E-state index contributed by atoms with van der Waals surface area (Å²) < 4.78 is 0. The van der Waals surface area contributed by atoms with Crippen LogP contribution in [0.4, 0.5) is 5.82 Å². The van der Waals surface area contributed by atoms with E-state index in [0.717, 1.165) is 0 Å². The molecule has 2 rings (SSSR count). The topological polar surface area (TPSA) is 51.8 Å². The number of aromatic nitrogens is 2. The van der Waals surface area contributed by atoms with Gasteiger partial charge in [-0.15, -0.1) is 0 Å². The number of hydrogen-bond donors (Lipinski definition) is 1. The van der Waals surface area contributed by atoms with Crippen molar-refractivity contribution in [3.8, 4) is 11.4 Å². The van der Waals surface area contributed by atoms with Crippen molar-refractivity contribution in [3.05, 3.63) is 39.5 Å². The third kappa shape index (κ3) is 2.21. The number of nitrogen functional groups attached to an aromatic ring is 1. The van der Waals surface area contributed by atoms with E-state index in [0.29, 0.717) is 32.3 Å². The molecular weight excluding hydrogens is 268 g/mol. The summed E-state index contributed by atoms with van der Waals surface area (Å²) in [6.45, 7) is 0. The summed E-state index contributed by atoms with van der Waals surface area (Å²) in [5, 5.41) is 1.18. The summed E-state index contributed by atoms with van der Waals surface area (Å²) in [7, 11) is 0. The molecular formula is C10H6Cl3N3. The monoisotopic (exact) mass is 273 g/mol. The second kappa shape index (κ2) is 4.45. The van der Waals surface area contributed by atoms with Crippen LogP contribution in [0.3, 0.4) is 0 Å². The van der Waals surface area contributed by atoms with E-state index in [2.05, 4.69) is 9.97 Å². The van der Waals surface area contributed by atoms with Crippen LogP contribution in [0.15, 0.2) is 24.4 Å². The van der Waals surface area contributed by atoms with E-state index in [1.54, 1.807) is 24.4 Å². The van der Waals surface area contributed by atoms with E-state index in [1.165, 1.54) is 0 Å². The van der Waals surface area contributed by atoms with Gasteiger partial charge in [-0.1, -0.05) is 34.8 Å². The van der Waals surface area contributed by atoms with Gasteiger partial charge in [-0.2, -0.15) is 0 Å². The average molecular weight is 275 g/mol. The lowest BCUT2D eigenvalue weighted by Gasteiger charge is -2.05.